The van der Waals surface area contributed by atoms with Gasteiger partial charge in [-0.3, -0.25) is 19.6 Å². The van der Waals surface area contributed by atoms with Crippen molar-refractivity contribution >= 4 is 0 Å². The summed E-state index contributed by atoms with van der Waals surface area (Å²) in [4.78, 5) is 11.2. The molecule has 0 aliphatic carbocycles. The van der Waals surface area contributed by atoms with Crippen molar-refractivity contribution in [1.29, 1.82) is 0 Å². The first-order valence-electron chi connectivity index (χ1n) is 16.1. The van der Waals surface area contributed by atoms with E-state index in [0.29, 0.717) is 72.1 Å². The molecule has 4 heteroatoms. The molecule has 0 rings (SSSR count). The number of likely N-dealkylation sites (N-methyl/N-ethyl adjacent to an activating group) is 3. The molecule has 0 bridgehead atoms. The average molecular weight is 525 g/mol. The first-order chi connectivity index (χ1) is 17.0. The lowest BCUT2D eigenvalue weighted by Gasteiger charge is -2.53. The molecule has 0 aromatic rings. The van der Waals surface area contributed by atoms with E-state index in [-0.39, 0.29) is 0 Å². The van der Waals surface area contributed by atoms with Crippen molar-refractivity contribution in [2.24, 2.45) is 17.8 Å². The molecule has 0 radical (unpaired) electrons. The van der Waals surface area contributed by atoms with Crippen LogP contribution in [0.5, 0.6) is 0 Å². The zero-order valence-electron chi connectivity index (χ0n) is 28.8. The minimum atomic E-state index is 0.456. The molecule has 224 valence electrons. The van der Waals surface area contributed by atoms with Crippen LogP contribution in [0, 0.1) is 17.8 Å². The fourth-order valence-electron chi connectivity index (χ4n) is 6.68. The van der Waals surface area contributed by atoms with Crippen molar-refractivity contribution in [1.82, 2.24) is 19.6 Å². The lowest BCUT2D eigenvalue weighted by Crippen LogP contribution is -2.65. The van der Waals surface area contributed by atoms with Crippen LogP contribution in [0.15, 0.2) is 0 Å². The number of hydrogen-bond acceptors (Lipinski definition) is 4. The van der Waals surface area contributed by atoms with E-state index < -0.39 is 0 Å². The van der Waals surface area contributed by atoms with Gasteiger partial charge in [-0.2, -0.15) is 0 Å². The zero-order valence-corrected chi connectivity index (χ0v) is 28.8. The molecule has 0 saturated carbocycles. The summed E-state index contributed by atoms with van der Waals surface area (Å²) in [6.45, 7) is 46.8. The lowest BCUT2D eigenvalue weighted by atomic mass is 9.92. The molecule has 0 saturated heterocycles. The predicted octanol–water partition coefficient (Wildman–Crippen LogP) is 7.72. The molecule has 9 atom stereocenters. The summed E-state index contributed by atoms with van der Waals surface area (Å²) in [7, 11) is 0. The summed E-state index contributed by atoms with van der Waals surface area (Å²) >= 11 is 0. The Balaban J connectivity index is 6.53. The second-order valence-corrected chi connectivity index (χ2v) is 13.3. The van der Waals surface area contributed by atoms with Gasteiger partial charge in [-0.15, -0.1) is 0 Å². The second-order valence-electron chi connectivity index (χ2n) is 13.3. The van der Waals surface area contributed by atoms with Crippen LogP contribution in [0.3, 0.4) is 0 Å². The van der Waals surface area contributed by atoms with Crippen LogP contribution in [0.1, 0.15) is 125 Å². The van der Waals surface area contributed by atoms with Crippen LogP contribution in [0.25, 0.3) is 0 Å². The highest BCUT2D eigenvalue weighted by Crippen LogP contribution is 2.29. The number of nitrogens with zero attached hydrogens (tertiary/aromatic N) is 4. The minimum Gasteiger partial charge on any atom is -0.296 e. The average Bonchev–Trinajstić information content (AvgIpc) is 2.84. The Morgan fingerprint density at radius 3 is 0.622 bits per heavy atom. The Kier molecular flexibility index (Phi) is 16.8. The first kappa shape index (κ1) is 36.8. The van der Waals surface area contributed by atoms with Crippen molar-refractivity contribution in [2.45, 2.75) is 179 Å². The highest BCUT2D eigenvalue weighted by Gasteiger charge is 2.40. The van der Waals surface area contributed by atoms with E-state index in [1.165, 1.54) is 0 Å². The van der Waals surface area contributed by atoms with Gasteiger partial charge in [-0.1, -0.05) is 62.3 Å². The normalized spacial score (nSPS) is 20.7. The summed E-state index contributed by atoms with van der Waals surface area (Å²) in [5.74, 6) is 1.96. The summed E-state index contributed by atoms with van der Waals surface area (Å²) < 4.78 is 0. The van der Waals surface area contributed by atoms with Gasteiger partial charge >= 0.3 is 0 Å². The third-order valence-corrected chi connectivity index (χ3v) is 10.6. The molecule has 0 aliphatic heterocycles. The van der Waals surface area contributed by atoms with E-state index in [0.717, 1.165) is 19.6 Å². The maximum Gasteiger partial charge on any atom is 0.0227 e. The van der Waals surface area contributed by atoms with Crippen LogP contribution in [-0.2, 0) is 0 Å². The van der Waals surface area contributed by atoms with Crippen molar-refractivity contribution < 1.29 is 0 Å². The minimum absolute atomic E-state index is 0.456. The number of hydrogen-bond donors (Lipinski definition) is 0. The predicted molar refractivity (Wildman–Crippen MR) is 169 cm³/mol. The van der Waals surface area contributed by atoms with E-state index in [4.69, 9.17) is 0 Å². The van der Waals surface area contributed by atoms with E-state index in [9.17, 15) is 0 Å². The fourth-order valence-corrected chi connectivity index (χ4v) is 6.68. The van der Waals surface area contributed by atoms with Crippen molar-refractivity contribution in [3.05, 3.63) is 0 Å². The van der Waals surface area contributed by atoms with Gasteiger partial charge in [0.2, 0.25) is 0 Å². The van der Waals surface area contributed by atoms with Crippen LogP contribution in [0.4, 0.5) is 0 Å². The van der Waals surface area contributed by atoms with Gasteiger partial charge in [0, 0.05) is 54.4 Å². The summed E-state index contributed by atoms with van der Waals surface area (Å²) in [5, 5.41) is 0. The van der Waals surface area contributed by atoms with Gasteiger partial charge in [0.25, 0.3) is 0 Å². The zero-order chi connectivity index (χ0) is 29.4. The fraction of sp³-hybridized carbons (Fsp3) is 1.00. The highest BCUT2D eigenvalue weighted by molar-refractivity contribution is 4.96. The highest BCUT2D eigenvalue weighted by atomic mass is 15.3. The quantitative estimate of drug-likeness (QED) is 0.182. The Bertz CT molecular complexity index is 510. The molecule has 9 unspecified atom stereocenters. The van der Waals surface area contributed by atoms with E-state index in [1.807, 2.05) is 0 Å². The van der Waals surface area contributed by atoms with E-state index in [2.05, 4.69) is 144 Å². The molecule has 37 heavy (non-hydrogen) atoms. The maximum atomic E-state index is 2.92. The van der Waals surface area contributed by atoms with Crippen molar-refractivity contribution in [3.63, 3.8) is 0 Å². The van der Waals surface area contributed by atoms with Crippen LogP contribution in [0.2, 0.25) is 0 Å². The van der Waals surface area contributed by atoms with Crippen LogP contribution < -0.4 is 0 Å². The van der Waals surface area contributed by atoms with Gasteiger partial charge in [0.15, 0.2) is 0 Å². The molecule has 0 spiro atoms. The van der Waals surface area contributed by atoms with Crippen molar-refractivity contribution in [2.75, 3.05) is 19.6 Å². The SMILES string of the molecule is CCN(C(C)C(C)C)C(C)C(C)N(C(C)C(C)N(CC)C(C)C(C)C)C(C)C(C)N(CC)C(C)C(C)C. The summed E-state index contributed by atoms with van der Waals surface area (Å²) in [6, 6.07) is 4.56. The Labute approximate surface area is 235 Å². The first-order valence-corrected chi connectivity index (χ1v) is 16.1. The smallest absolute Gasteiger partial charge is 0.0227 e. The standard InChI is InChI=1S/C33H72N4/c1-19-34(25(10)22(4)5)28(13)31(16)37(32(17)29(14)35(20-2)26(11)23(6)7)33(18)30(15)36(21-3)27(12)24(8)9/h22-33H,19-21H2,1-18H3. The molecular formula is C33H72N4. The molecule has 0 heterocycles. The Hall–Kier alpha value is -0.160. The van der Waals surface area contributed by atoms with Gasteiger partial charge < -0.3 is 0 Å². The molecular weight excluding hydrogens is 452 g/mol. The van der Waals surface area contributed by atoms with Gasteiger partial charge in [-0.25, -0.2) is 0 Å². The monoisotopic (exact) mass is 525 g/mol. The summed E-state index contributed by atoms with van der Waals surface area (Å²) in [5.41, 5.74) is 0. The van der Waals surface area contributed by atoms with Crippen LogP contribution in [-0.4, -0.2) is 93.6 Å². The van der Waals surface area contributed by atoms with Gasteiger partial charge in [0.1, 0.15) is 0 Å². The third-order valence-electron chi connectivity index (χ3n) is 10.6. The number of rotatable bonds is 18. The second kappa shape index (κ2) is 16.8. The maximum absolute atomic E-state index is 2.92. The van der Waals surface area contributed by atoms with Crippen molar-refractivity contribution in [3.8, 4) is 0 Å². The molecule has 0 amide bonds. The molecule has 0 aliphatic rings. The molecule has 4 nitrogen and oxygen atoms in total. The Morgan fingerprint density at radius 1 is 0.297 bits per heavy atom. The topological polar surface area (TPSA) is 13.0 Å². The van der Waals surface area contributed by atoms with Crippen LogP contribution >= 0.6 is 0 Å². The third kappa shape index (κ3) is 9.47. The molecule has 0 aromatic carbocycles. The van der Waals surface area contributed by atoms with E-state index in [1.54, 1.807) is 0 Å². The lowest BCUT2D eigenvalue weighted by molar-refractivity contribution is -0.0403. The Morgan fingerprint density at radius 2 is 0.486 bits per heavy atom. The largest absolute Gasteiger partial charge is 0.296 e. The summed E-state index contributed by atoms with van der Waals surface area (Å²) in [6.07, 6.45) is 0. The van der Waals surface area contributed by atoms with Gasteiger partial charge in [0.05, 0.1) is 0 Å². The molecule has 0 aromatic heterocycles. The van der Waals surface area contributed by atoms with Gasteiger partial charge in [-0.05, 0) is 99.7 Å². The molecule has 0 fully saturated rings. The molecule has 0 N–H and O–H groups in total. The van der Waals surface area contributed by atoms with E-state index >= 15 is 0 Å².